The van der Waals surface area contributed by atoms with Crippen molar-refractivity contribution in [2.24, 2.45) is 7.05 Å². The molecule has 0 aliphatic rings. The SMILES string of the molecule is COc1cccc(OC)c1-n1c(NS(=O)(=O)C(C)Cc2ncc(F)cn2)nnc1-c1ccn(C)n1. The fourth-order valence-electron chi connectivity index (χ4n) is 3.35. The van der Waals surface area contributed by atoms with Crippen molar-refractivity contribution in [3.05, 3.63) is 54.5 Å². The highest BCUT2D eigenvalue weighted by atomic mass is 32.2. The third kappa shape index (κ3) is 4.91. The number of aromatic nitrogens is 7. The van der Waals surface area contributed by atoms with E-state index in [9.17, 15) is 12.8 Å². The molecule has 1 unspecified atom stereocenters. The predicted molar refractivity (Wildman–Crippen MR) is 124 cm³/mol. The second kappa shape index (κ2) is 9.66. The Morgan fingerprint density at radius 2 is 1.74 bits per heavy atom. The van der Waals surface area contributed by atoms with Crippen LogP contribution in [0.15, 0.2) is 42.9 Å². The molecule has 0 fully saturated rings. The lowest BCUT2D eigenvalue weighted by Crippen LogP contribution is -2.29. The lowest BCUT2D eigenvalue weighted by atomic mass is 10.2. The van der Waals surface area contributed by atoms with E-state index in [2.05, 4.69) is 30.0 Å². The van der Waals surface area contributed by atoms with Gasteiger partial charge in [-0.1, -0.05) is 6.07 Å². The molecule has 1 aromatic carbocycles. The van der Waals surface area contributed by atoms with Crippen molar-refractivity contribution in [2.45, 2.75) is 18.6 Å². The number of halogens is 1. The molecule has 1 N–H and O–H groups in total. The molecule has 0 aliphatic heterocycles. The summed E-state index contributed by atoms with van der Waals surface area (Å²) in [5.74, 6) is 0.541. The zero-order valence-electron chi connectivity index (χ0n) is 19.4. The molecule has 3 aromatic heterocycles. The molecule has 0 aliphatic carbocycles. The van der Waals surface area contributed by atoms with Crippen molar-refractivity contribution in [3.8, 4) is 28.7 Å². The van der Waals surface area contributed by atoms with Gasteiger partial charge in [-0.25, -0.2) is 22.8 Å². The number of ether oxygens (including phenoxy) is 2. The number of aryl methyl sites for hydroxylation is 1. The molecule has 0 spiro atoms. The quantitative estimate of drug-likeness (QED) is 0.364. The van der Waals surface area contributed by atoms with Crippen LogP contribution in [0.1, 0.15) is 12.7 Å². The van der Waals surface area contributed by atoms with Crippen LogP contribution in [0.3, 0.4) is 0 Å². The molecular formula is C21H23FN8O4S. The molecule has 12 nitrogen and oxygen atoms in total. The van der Waals surface area contributed by atoms with E-state index < -0.39 is 21.1 Å². The number of nitrogens with zero attached hydrogens (tertiary/aromatic N) is 7. The van der Waals surface area contributed by atoms with Crippen LogP contribution in [0.25, 0.3) is 17.2 Å². The van der Waals surface area contributed by atoms with E-state index in [0.717, 1.165) is 12.4 Å². The highest BCUT2D eigenvalue weighted by Crippen LogP contribution is 2.37. The summed E-state index contributed by atoms with van der Waals surface area (Å²) in [4.78, 5) is 7.68. The fourth-order valence-corrected chi connectivity index (χ4v) is 4.31. The molecule has 35 heavy (non-hydrogen) atoms. The van der Waals surface area contributed by atoms with Crippen LogP contribution in [-0.4, -0.2) is 62.4 Å². The zero-order chi connectivity index (χ0) is 25.2. The Labute approximate surface area is 200 Å². The summed E-state index contributed by atoms with van der Waals surface area (Å²) in [6, 6.07) is 6.86. The van der Waals surface area contributed by atoms with E-state index in [1.807, 2.05) is 0 Å². The van der Waals surface area contributed by atoms with E-state index in [1.165, 1.54) is 25.7 Å². The highest BCUT2D eigenvalue weighted by Gasteiger charge is 2.29. The molecule has 1 atom stereocenters. The molecule has 184 valence electrons. The lowest BCUT2D eigenvalue weighted by Gasteiger charge is -2.18. The van der Waals surface area contributed by atoms with Crippen LogP contribution < -0.4 is 14.2 Å². The van der Waals surface area contributed by atoms with Crippen molar-refractivity contribution in [1.82, 2.24) is 34.5 Å². The van der Waals surface area contributed by atoms with Gasteiger partial charge in [0.1, 0.15) is 28.7 Å². The summed E-state index contributed by atoms with van der Waals surface area (Å²) < 4.78 is 56.1. The van der Waals surface area contributed by atoms with Gasteiger partial charge in [0, 0.05) is 19.7 Å². The highest BCUT2D eigenvalue weighted by molar-refractivity contribution is 7.93. The maximum absolute atomic E-state index is 13.2. The number of anilines is 1. The third-order valence-corrected chi connectivity index (χ3v) is 6.83. The van der Waals surface area contributed by atoms with Gasteiger partial charge >= 0.3 is 0 Å². The Kier molecular flexibility index (Phi) is 6.64. The number of methoxy groups -OCH3 is 2. The molecular weight excluding hydrogens is 479 g/mol. The van der Waals surface area contributed by atoms with Gasteiger partial charge in [-0.05, 0) is 25.1 Å². The number of para-hydroxylation sites is 1. The number of nitrogens with one attached hydrogen (secondary N) is 1. The topological polar surface area (TPSA) is 139 Å². The van der Waals surface area contributed by atoms with Crippen LogP contribution in [0.5, 0.6) is 11.5 Å². The average Bonchev–Trinajstić information content (AvgIpc) is 3.45. The maximum Gasteiger partial charge on any atom is 0.243 e. The second-order valence-corrected chi connectivity index (χ2v) is 9.65. The molecule has 0 bridgehead atoms. The van der Waals surface area contributed by atoms with Gasteiger partial charge in [0.05, 0.1) is 31.9 Å². The molecule has 4 rings (SSSR count). The minimum absolute atomic E-state index is 0.0468. The van der Waals surface area contributed by atoms with Gasteiger partial charge in [-0.15, -0.1) is 10.2 Å². The van der Waals surface area contributed by atoms with Crippen LogP contribution in [-0.2, 0) is 23.5 Å². The van der Waals surface area contributed by atoms with Crippen LogP contribution in [0.4, 0.5) is 10.3 Å². The molecule has 3 heterocycles. The van der Waals surface area contributed by atoms with E-state index in [1.54, 1.807) is 42.2 Å². The Morgan fingerprint density at radius 3 is 2.31 bits per heavy atom. The van der Waals surface area contributed by atoms with Gasteiger partial charge in [-0.3, -0.25) is 14.0 Å². The first-order valence-electron chi connectivity index (χ1n) is 10.4. The lowest BCUT2D eigenvalue weighted by molar-refractivity contribution is 0.391. The van der Waals surface area contributed by atoms with E-state index in [0.29, 0.717) is 22.9 Å². The predicted octanol–water partition coefficient (Wildman–Crippen LogP) is 1.99. The molecule has 14 heteroatoms. The van der Waals surface area contributed by atoms with E-state index in [-0.39, 0.29) is 24.0 Å². The summed E-state index contributed by atoms with van der Waals surface area (Å²) in [7, 11) is 0.705. The summed E-state index contributed by atoms with van der Waals surface area (Å²) >= 11 is 0. The first-order chi connectivity index (χ1) is 16.7. The van der Waals surface area contributed by atoms with E-state index >= 15 is 0 Å². The van der Waals surface area contributed by atoms with Gasteiger partial charge in [0.15, 0.2) is 11.6 Å². The Balaban J connectivity index is 1.79. The van der Waals surface area contributed by atoms with Gasteiger partial charge < -0.3 is 9.47 Å². The number of sulfonamides is 1. The Morgan fingerprint density at radius 1 is 1.09 bits per heavy atom. The number of benzene rings is 1. The Bertz CT molecular complexity index is 1410. The van der Waals surface area contributed by atoms with Crippen molar-refractivity contribution in [3.63, 3.8) is 0 Å². The largest absolute Gasteiger partial charge is 0.494 e. The molecule has 4 aromatic rings. The standard InChI is InChI=1S/C21H23FN8O4S/c1-13(10-18-23-11-14(22)12-24-18)35(31,32)28-21-26-25-20(15-8-9-29(2)27-15)30(21)19-16(33-3)6-5-7-17(19)34-4/h5-9,11-13H,10H2,1-4H3,(H,26,28). The van der Waals surface area contributed by atoms with Gasteiger partial charge in [0.2, 0.25) is 16.0 Å². The summed E-state index contributed by atoms with van der Waals surface area (Å²) in [5.41, 5.74) is 0.835. The third-order valence-electron chi connectivity index (χ3n) is 5.14. The van der Waals surface area contributed by atoms with Crippen molar-refractivity contribution in [2.75, 3.05) is 18.9 Å². The normalized spacial score (nSPS) is 12.4. The minimum atomic E-state index is -4.01. The number of hydrogen-bond donors (Lipinski definition) is 1. The number of rotatable bonds is 9. The Hall–Kier alpha value is -4.07. The smallest absolute Gasteiger partial charge is 0.243 e. The monoisotopic (exact) mass is 502 g/mol. The molecule has 0 saturated carbocycles. The van der Waals surface area contributed by atoms with Crippen LogP contribution in [0, 0.1) is 5.82 Å². The summed E-state index contributed by atoms with van der Waals surface area (Å²) in [6.07, 6.45) is 3.65. The van der Waals surface area contributed by atoms with Crippen molar-refractivity contribution < 1.29 is 22.3 Å². The summed E-state index contributed by atoms with van der Waals surface area (Å²) in [6.45, 7) is 1.49. The van der Waals surface area contributed by atoms with Crippen molar-refractivity contribution in [1.29, 1.82) is 0 Å². The van der Waals surface area contributed by atoms with Gasteiger partial charge in [0.25, 0.3) is 0 Å². The van der Waals surface area contributed by atoms with Crippen LogP contribution in [0.2, 0.25) is 0 Å². The first-order valence-corrected chi connectivity index (χ1v) is 11.9. The second-order valence-electron chi connectivity index (χ2n) is 7.55. The minimum Gasteiger partial charge on any atom is -0.494 e. The molecule has 0 radical (unpaired) electrons. The first kappa shape index (κ1) is 24.1. The van der Waals surface area contributed by atoms with Crippen molar-refractivity contribution >= 4 is 16.0 Å². The zero-order valence-corrected chi connectivity index (χ0v) is 20.2. The summed E-state index contributed by atoms with van der Waals surface area (Å²) in [5, 5.41) is 11.7. The van der Waals surface area contributed by atoms with E-state index in [4.69, 9.17) is 9.47 Å². The number of hydrogen-bond acceptors (Lipinski definition) is 9. The molecule has 0 amide bonds. The maximum atomic E-state index is 13.2. The molecule has 0 saturated heterocycles. The van der Waals surface area contributed by atoms with Gasteiger partial charge in [-0.2, -0.15) is 5.10 Å². The average molecular weight is 503 g/mol. The van der Waals surface area contributed by atoms with Crippen LogP contribution >= 0.6 is 0 Å². The fraction of sp³-hybridized carbons (Fsp3) is 0.286.